The Morgan fingerprint density at radius 3 is 2.81 bits per heavy atom. The monoisotopic (exact) mass is 358 g/mol. The number of carboxylic acid groups (broad SMARTS) is 1. The summed E-state index contributed by atoms with van der Waals surface area (Å²) in [7, 11) is 0. The van der Waals surface area contributed by atoms with Gasteiger partial charge < -0.3 is 24.4 Å². The van der Waals surface area contributed by atoms with Crippen molar-refractivity contribution >= 4 is 22.8 Å². The summed E-state index contributed by atoms with van der Waals surface area (Å²) in [6.07, 6.45) is 2.77. The van der Waals surface area contributed by atoms with E-state index in [1.165, 1.54) is 0 Å². The molecule has 0 unspecified atom stereocenters. The lowest BCUT2D eigenvalue weighted by molar-refractivity contribution is -0.305. The van der Waals surface area contributed by atoms with Crippen molar-refractivity contribution in [2.45, 2.75) is 39.0 Å². The highest BCUT2D eigenvalue weighted by molar-refractivity contribution is 5.86. The molecule has 1 amide bonds. The third-order valence-electron chi connectivity index (χ3n) is 4.58. The number of carboxylic acids is 1. The molecule has 0 bridgehead atoms. The van der Waals surface area contributed by atoms with Crippen LogP contribution in [-0.4, -0.2) is 25.0 Å². The number of benzene rings is 1. The molecule has 2 aromatic rings. The van der Waals surface area contributed by atoms with E-state index in [-0.39, 0.29) is 31.1 Å². The number of amides is 1. The van der Waals surface area contributed by atoms with E-state index in [1.807, 2.05) is 6.07 Å². The van der Waals surface area contributed by atoms with Crippen LogP contribution in [-0.2, 0) is 22.4 Å². The van der Waals surface area contributed by atoms with E-state index in [4.69, 9.17) is 9.15 Å². The first-order valence-electron chi connectivity index (χ1n) is 8.65. The number of rotatable bonds is 7. The number of fused-ring (bicyclic) bond motifs is 3. The van der Waals surface area contributed by atoms with Crippen LogP contribution in [0, 0.1) is 6.92 Å². The maximum absolute atomic E-state index is 12.1. The molecule has 7 nitrogen and oxygen atoms in total. The highest BCUT2D eigenvalue weighted by Gasteiger charge is 2.21. The number of ether oxygens (including phenoxy) is 1. The number of nitrogens with one attached hydrogen (secondary N) is 1. The molecule has 0 saturated carbocycles. The van der Waals surface area contributed by atoms with Gasteiger partial charge in [0.25, 0.3) is 5.91 Å². The molecule has 1 aromatic heterocycles. The van der Waals surface area contributed by atoms with Crippen molar-refractivity contribution in [1.29, 1.82) is 0 Å². The molecular weight excluding hydrogens is 338 g/mol. The maximum atomic E-state index is 12.1. The first-order valence-corrected chi connectivity index (χ1v) is 8.65. The van der Waals surface area contributed by atoms with Crippen molar-refractivity contribution in [3.05, 3.63) is 39.2 Å². The number of aryl methyl sites for hydroxylation is 2. The van der Waals surface area contributed by atoms with E-state index in [9.17, 15) is 19.5 Å². The van der Waals surface area contributed by atoms with E-state index in [1.54, 1.807) is 13.0 Å². The van der Waals surface area contributed by atoms with Gasteiger partial charge in [-0.1, -0.05) is 0 Å². The topological polar surface area (TPSA) is 109 Å². The molecule has 1 aromatic carbocycles. The number of hydrogen-bond donors (Lipinski definition) is 1. The zero-order chi connectivity index (χ0) is 18.7. The maximum Gasteiger partial charge on any atom is 0.339 e. The van der Waals surface area contributed by atoms with Gasteiger partial charge in [0, 0.05) is 29.0 Å². The Labute approximate surface area is 150 Å². The van der Waals surface area contributed by atoms with Gasteiger partial charge in [-0.05, 0) is 56.7 Å². The van der Waals surface area contributed by atoms with Gasteiger partial charge in [-0.25, -0.2) is 4.79 Å². The normalized spacial score (nSPS) is 12.8. The number of aliphatic carboxylic acids is 1. The average Bonchev–Trinajstić information content (AvgIpc) is 3.09. The summed E-state index contributed by atoms with van der Waals surface area (Å²) in [6.45, 7) is 1.83. The van der Waals surface area contributed by atoms with Gasteiger partial charge in [0.2, 0.25) is 0 Å². The summed E-state index contributed by atoms with van der Waals surface area (Å²) < 4.78 is 11.0. The minimum absolute atomic E-state index is 0.103. The Kier molecular flexibility index (Phi) is 5.25. The Bertz CT molecular complexity index is 914. The number of carbonyl (C=O) groups is 2. The quantitative estimate of drug-likeness (QED) is 0.574. The van der Waals surface area contributed by atoms with Crippen LogP contribution < -0.4 is 20.8 Å². The fraction of sp³-hybridized carbons (Fsp3) is 0.421. The number of hydrogen-bond acceptors (Lipinski definition) is 6. The second-order valence-electron chi connectivity index (χ2n) is 6.38. The largest absolute Gasteiger partial charge is 0.550 e. The first-order chi connectivity index (χ1) is 12.5. The van der Waals surface area contributed by atoms with Crippen LogP contribution in [0.4, 0.5) is 0 Å². The Morgan fingerprint density at radius 2 is 2.04 bits per heavy atom. The lowest BCUT2D eigenvalue weighted by Gasteiger charge is -2.12. The fourth-order valence-electron chi connectivity index (χ4n) is 3.27. The third-order valence-corrected chi connectivity index (χ3v) is 4.58. The van der Waals surface area contributed by atoms with Gasteiger partial charge in [0.15, 0.2) is 6.61 Å². The minimum atomic E-state index is -1.14. The first kappa shape index (κ1) is 18.0. The Morgan fingerprint density at radius 1 is 1.27 bits per heavy atom. The van der Waals surface area contributed by atoms with E-state index in [2.05, 4.69) is 5.32 Å². The van der Waals surface area contributed by atoms with Crippen LogP contribution in [0.2, 0.25) is 0 Å². The van der Waals surface area contributed by atoms with Crippen molar-refractivity contribution in [2.75, 3.05) is 13.2 Å². The highest BCUT2D eigenvalue weighted by atomic mass is 16.5. The van der Waals surface area contributed by atoms with Crippen LogP contribution in [0.1, 0.15) is 36.0 Å². The van der Waals surface area contributed by atoms with Gasteiger partial charge >= 0.3 is 5.63 Å². The molecule has 0 saturated heterocycles. The molecule has 7 heteroatoms. The molecular formula is C19H20NO6-. The fourth-order valence-corrected chi connectivity index (χ4v) is 3.27. The molecule has 0 spiro atoms. The van der Waals surface area contributed by atoms with Crippen molar-refractivity contribution in [3.8, 4) is 5.75 Å². The number of carbonyl (C=O) groups excluding carboxylic acids is 2. The molecule has 26 heavy (non-hydrogen) atoms. The third kappa shape index (κ3) is 3.71. The van der Waals surface area contributed by atoms with E-state index in [0.29, 0.717) is 23.3 Å². The smallest absolute Gasteiger partial charge is 0.339 e. The lowest BCUT2D eigenvalue weighted by Crippen LogP contribution is -2.31. The molecule has 1 heterocycles. The molecule has 0 fully saturated rings. The van der Waals surface area contributed by atoms with Crippen LogP contribution in [0.5, 0.6) is 5.75 Å². The summed E-state index contributed by atoms with van der Waals surface area (Å²) in [6, 6.07) is 3.64. The zero-order valence-corrected chi connectivity index (χ0v) is 14.6. The van der Waals surface area contributed by atoms with Crippen molar-refractivity contribution < 1.29 is 23.8 Å². The Hall–Kier alpha value is -2.83. The van der Waals surface area contributed by atoms with Gasteiger partial charge in [0.05, 0.1) is 0 Å². The standard InChI is InChI=1S/C19H21NO6/c1-11-15(25-10-16(21)20-9-3-6-17(22)23)8-7-13-12-4-2-5-14(12)19(24)26-18(11)13/h7-8H,2-6,9-10H2,1H3,(H,20,21)(H,22,23)/p-1. The van der Waals surface area contributed by atoms with Crippen LogP contribution >= 0.6 is 0 Å². The predicted molar refractivity (Wildman–Crippen MR) is 92.0 cm³/mol. The summed E-state index contributed by atoms with van der Waals surface area (Å²) >= 11 is 0. The lowest BCUT2D eigenvalue weighted by atomic mass is 10.0. The van der Waals surface area contributed by atoms with Gasteiger partial charge in [-0.15, -0.1) is 0 Å². The second-order valence-corrected chi connectivity index (χ2v) is 6.38. The van der Waals surface area contributed by atoms with Gasteiger partial charge in [0.1, 0.15) is 11.3 Å². The molecule has 0 aliphatic heterocycles. The highest BCUT2D eigenvalue weighted by Crippen LogP contribution is 2.32. The van der Waals surface area contributed by atoms with Crippen molar-refractivity contribution in [2.24, 2.45) is 0 Å². The summed E-state index contributed by atoms with van der Waals surface area (Å²) in [4.78, 5) is 34.2. The summed E-state index contributed by atoms with van der Waals surface area (Å²) in [5, 5.41) is 13.8. The minimum Gasteiger partial charge on any atom is -0.550 e. The summed E-state index contributed by atoms with van der Waals surface area (Å²) in [5.74, 6) is -1.02. The molecule has 1 aliphatic rings. The van der Waals surface area contributed by atoms with E-state index < -0.39 is 5.97 Å². The van der Waals surface area contributed by atoms with Crippen molar-refractivity contribution in [3.63, 3.8) is 0 Å². The Balaban J connectivity index is 1.69. The molecule has 1 aliphatic carbocycles. The average molecular weight is 358 g/mol. The predicted octanol–water partition coefficient (Wildman–Crippen LogP) is 0.615. The van der Waals surface area contributed by atoms with Gasteiger partial charge in [-0.2, -0.15) is 0 Å². The van der Waals surface area contributed by atoms with Crippen LogP contribution in [0.3, 0.4) is 0 Å². The van der Waals surface area contributed by atoms with Crippen LogP contribution in [0.15, 0.2) is 21.3 Å². The zero-order valence-electron chi connectivity index (χ0n) is 14.6. The molecule has 3 rings (SSSR count). The van der Waals surface area contributed by atoms with Crippen LogP contribution in [0.25, 0.3) is 11.0 Å². The SMILES string of the molecule is Cc1c(OCC(=O)NCCCC(=O)[O-])ccc2c3c(c(=O)oc12)CCC3. The second kappa shape index (κ2) is 7.59. The molecule has 0 radical (unpaired) electrons. The van der Waals surface area contributed by atoms with Gasteiger partial charge in [-0.3, -0.25) is 4.79 Å². The summed E-state index contributed by atoms with van der Waals surface area (Å²) in [5.41, 5.74) is 2.70. The molecule has 0 atom stereocenters. The molecule has 138 valence electrons. The van der Waals surface area contributed by atoms with Crippen molar-refractivity contribution in [1.82, 2.24) is 5.32 Å². The van der Waals surface area contributed by atoms with E-state index in [0.717, 1.165) is 35.8 Å². The van der Waals surface area contributed by atoms with E-state index >= 15 is 0 Å². The molecule has 1 N–H and O–H groups in total.